The molecule has 1 aromatic carbocycles. The lowest BCUT2D eigenvalue weighted by atomic mass is 9.98. The quantitative estimate of drug-likeness (QED) is 0.642. The Labute approximate surface area is 110 Å². The molecule has 1 aromatic rings. The summed E-state index contributed by atoms with van der Waals surface area (Å²) in [6, 6.07) is 9.94. The van der Waals surface area contributed by atoms with Crippen LogP contribution in [0.25, 0.3) is 0 Å². The largest absolute Gasteiger partial charge is 0.369 e. The van der Waals surface area contributed by atoms with Gasteiger partial charge in [0.05, 0.1) is 5.69 Å². The zero-order chi connectivity index (χ0) is 12.8. The Bertz CT molecular complexity index is 386. The maximum Gasteiger partial charge on any atom is 0.196 e. The fraction of sp³-hybridized carbons (Fsp3) is 0.533. The van der Waals surface area contributed by atoms with E-state index in [1.54, 1.807) is 0 Å². The van der Waals surface area contributed by atoms with Gasteiger partial charge in [-0.25, -0.2) is 4.99 Å². The van der Waals surface area contributed by atoms with E-state index in [9.17, 15) is 0 Å². The van der Waals surface area contributed by atoms with Crippen molar-refractivity contribution in [1.29, 1.82) is 0 Å². The first kappa shape index (κ1) is 12.9. The number of nitrogens with two attached hydrogens (primary N) is 1. The van der Waals surface area contributed by atoms with Crippen molar-refractivity contribution in [1.82, 2.24) is 4.90 Å². The molecule has 3 heteroatoms. The zero-order valence-corrected chi connectivity index (χ0v) is 11.2. The number of aliphatic imine (C=N–C) groups is 1. The van der Waals surface area contributed by atoms with Crippen molar-refractivity contribution in [3.63, 3.8) is 0 Å². The van der Waals surface area contributed by atoms with Gasteiger partial charge in [-0.05, 0) is 37.3 Å². The average Bonchev–Trinajstić information content (AvgIpc) is 2.65. The molecule has 0 aromatic heterocycles. The molecule has 1 aliphatic rings. The van der Waals surface area contributed by atoms with Gasteiger partial charge in [-0.3, -0.25) is 0 Å². The van der Waals surface area contributed by atoms with Gasteiger partial charge in [0.1, 0.15) is 0 Å². The van der Waals surface area contributed by atoms with E-state index in [2.05, 4.69) is 16.8 Å². The fourth-order valence-corrected chi connectivity index (χ4v) is 2.51. The molecule has 0 radical (unpaired) electrons. The van der Waals surface area contributed by atoms with Crippen molar-refractivity contribution < 1.29 is 0 Å². The third-order valence-electron chi connectivity index (χ3n) is 3.75. The summed E-state index contributed by atoms with van der Waals surface area (Å²) in [6.07, 6.45) is 5.07. The van der Waals surface area contributed by atoms with Crippen LogP contribution in [0.15, 0.2) is 35.3 Å². The van der Waals surface area contributed by atoms with Crippen LogP contribution in [0, 0.1) is 5.92 Å². The SMILES string of the molecule is CCC1CCCN(C(N)=Nc2ccccc2)CC1. The zero-order valence-electron chi connectivity index (χ0n) is 11.2. The predicted molar refractivity (Wildman–Crippen MR) is 76.9 cm³/mol. The van der Waals surface area contributed by atoms with Crippen LogP contribution in [-0.4, -0.2) is 23.9 Å². The third-order valence-corrected chi connectivity index (χ3v) is 3.75. The number of nitrogens with zero attached hydrogens (tertiary/aromatic N) is 2. The Balaban J connectivity index is 2.00. The molecule has 3 nitrogen and oxygen atoms in total. The summed E-state index contributed by atoms with van der Waals surface area (Å²) in [5.41, 5.74) is 7.05. The normalized spacial score (nSPS) is 21.7. The van der Waals surface area contributed by atoms with E-state index in [0.717, 1.165) is 24.7 Å². The molecule has 18 heavy (non-hydrogen) atoms. The molecule has 1 fully saturated rings. The van der Waals surface area contributed by atoms with Gasteiger partial charge < -0.3 is 10.6 Å². The lowest BCUT2D eigenvalue weighted by Crippen LogP contribution is -2.37. The summed E-state index contributed by atoms with van der Waals surface area (Å²) in [5.74, 6) is 1.53. The van der Waals surface area contributed by atoms with E-state index in [-0.39, 0.29) is 0 Å². The Morgan fingerprint density at radius 3 is 2.78 bits per heavy atom. The van der Waals surface area contributed by atoms with Gasteiger partial charge >= 0.3 is 0 Å². The second kappa shape index (κ2) is 6.43. The van der Waals surface area contributed by atoms with Crippen molar-refractivity contribution in [2.24, 2.45) is 16.6 Å². The highest BCUT2D eigenvalue weighted by Crippen LogP contribution is 2.20. The summed E-state index contributed by atoms with van der Waals surface area (Å²) >= 11 is 0. The van der Waals surface area contributed by atoms with Crippen LogP contribution in [0.2, 0.25) is 0 Å². The van der Waals surface area contributed by atoms with Crippen molar-refractivity contribution >= 4 is 11.6 Å². The Morgan fingerprint density at radius 2 is 2.06 bits per heavy atom. The minimum atomic E-state index is 0.665. The Kier molecular flexibility index (Phi) is 4.62. The number of benzene rings is 1. The molecular weight excluding hydrogens is 222 g/mol. The minimum Gasteiger partial charge on any atom is -0.369 e. The molecule has 2 rings (SSSR count). The van der Waals surface area contributed by atoms with Crippen LogP contribution in [0.5, 0.6) is 0 Å². The first-order valence-corrected chi connectivity index (χ1v) is 6.93. The highest BCUT2D eigenvalue weighted by Gasteiger charge is 2.16. The highest BCUT2D eigenvalue weighted by atomic mass is 15.2. The minimum absolute atomic E-state index is 0.665. The van der Waals surface area contributed by atoms with E-state index in [4.69, 9.17) is 5.73 Å². The molecule has 0 bridgehead atoms. The molecule has 1 unspecified atom stereocenters. The third kappa shape index (κ3) is 3.49. The van der Waals surface area contributed by atoms with Crippen LogP contribution < -0.4 is 5.73 Å². The van der Waals surface area contributed by atoms with Gasteiger partial charge in [0, 0.05) is 13.1 Å². The number of hydrogen-bond donors (Lipinski definition) is 1. The first-order valence-electron chi connectivity index (χ1n) is 6.93. The maximum absolute atomic E-state index is 6.11. The standard InChI is InChI=1S/C15H23N3/c1-2-13-7-6-11-18(12-10-13)15(16)17-14-8-4-3-5-9-14/h3-5,8-9,13H,2,6-7,10-12H2,1H3,(H2,16,17). The molecular formula is C15H23N3. The second-order valence-electron chi connectivity index (χ2n) is 5.00. The molecule has 1 heterocycles. The van der Waals surface area contributed by atoms with E-state index in [1.807, 2.05) is 30.3 Å². The number of likely N-dealkylation sites (tertiary alicyclic amines) is 1. The van der Waals surface area contributed by atoms with Crippen LogP contribution in [0.1, 0.15) is 32.6 Å². The van der Waals surface area contributed by atoms with Crippen molar-refractivity contribution in [3.05, 3.63) is 30.3 Å². The lowest BCUT2D eigenvalue weighted by molar-refractivity contribution is 0.409. The van der Waals surface area contributed by atoms with Gasteiger partial charge in [0.15, 0.2) is 5.96 Å². The summed E-state index contributed by atoms with van der Waals surface area (Å²) < 4.78 is 0. The topological polar surface area (TPSA) is 41.6 Å². The predicted octanol–water partition coefficient (Wildman–Crippen LogP) is 3.14. The average molecular weight is 245 g/mol. The summed E-state index contributed by atoms with van der Waals surface area (Å²) in [5, 5.41) is 0. The highest BCUT2D eigenvalue weighted by molar-refractivity contribution is 5.81. The number of rotatable bonds is 2. The number of guanidine groups is 1. The molecule has 2 N–H and O–H groups in total. The maximum atomic E-state index is 6.11. The molecule has 1 saturated heterocycles. The smallest absolute Gasteiger partial charge is 0.196 e. The van der Waals surface area contributed by atoms with Crippen LogP contribution >= 0.6 is 0 Å². The second-order valence-corrected chi connectivity index (χ2v) is 5.00. The van der Waals surface area contributed by atoms with E-state index >= 15 is 0 Å². The summed E-state index contributed by atoms with van der Waals surface area (Å²) in [7, 11) is 0. The van der Waals surface area contributed by atoms with Gasteiger partial charge in [-0.1, -0.05) is 31.5 Å². The van der Waals surface area contributed by atoms with E-state index in [1.165, 1.54) is 25.7 Å². The lowest BCUT2D eigenvalue weighted by Gasteiger charge is -2.21. The van der Waals surface area contributed by atoms with Gasteiger partial charge in [-0.2, -0.15) is 0 Å². The van der Waals surface area contributed by atoms with Crippen LogP contribution in [0.4, 0.5) is 5.69 Å². The Hall–Kier alpha value is -1.51. The van der Waals surface area contributed by atoms with E-state index in [0.29, 0.717) is 5.96 Å². The molecule has 1 aliphatic heterocycles. The van der Waals surface area contributed by atoms with E-state index < -0.39 is 0 Å². The number of para-hydroxylation sites is 1. The first-order chi connectivity index (χ1) is 8.79. The summed E-state index contributed by atoms with van der Waals surface area (Å²) in [6.45, 7) is 4.36. The van der Waals surface area contributed by atoms with Crippen molar-refractivity contribution in [2.45, 2.75) is 32.6 Å². The fourth-order valence-electron chi connectivity index (χ4n) is 2.51. The summed E-state index contributed by atoms with van der Waals surface area (Å²) in [4.78, 5) is 6.72. The molecule has 0 saturated carbocycles. The van der Waals surface area contributed by atoms with Crippen LogP contribution in [-0.2, 0) is 0 Å². The monoisotopic (exact) mass is 245 g/mol. The Morgan fingerprint density at radius 1 is 1.28 bits per heavy atom. The van der Waals surface area contributed by atoms with Gasteiger partial charge in [0.2, 0.25) is 0 Å². The molecule has 0 aliphatic carbocycles. The molecule has 0 amide bonds. The van der Waals surface area contributed by atoms with Gasteiger partial charge in [0.25, 0.3) is 0 Å². The number of hydrogen-bond acceptors (Lipinski definition) is 1. The molecule has 0 spiro atoms. The molecule has 1 atom stereocenters. The van der Waals surface area contributed by atoms with Crippen molar-refractivity contribution in [2.75, 3.05) is 13.1 Å². The van der Waals surface area contributed by atoms with Crippen molar-refractivity contribution in [3.8, 4) is 0 Å². The van der Waals surface area contributed by atoms with Crippen LogP contribution in [0.3, 0.4) is 0 Å². The van der Waals surface area contributed by atoms with Gasteiger partial charge in [-0.15, -0.1) is 0 Å². The molecule has 98 valence electrons.